The SMILES string of the molecule is CCC(CC(CN)C(C)NC)CC(F)(F)F. The number of nitrogens with two attached hydrogens (primary N) is 1. The third-order valence-corrected chi connectivity index (χ3v) is 3.20. The van der Waals surface area contributed by atoms with Crippen LogP contribution >= 0.6 is 0 Å². The highest BCUT2D eigenvalue weighted by atomic mass is 19.4. The first-order valence-electron chi connectivity index (χ1n) is 5.78. The Morgan fingerprint density at radius 2 is 1.88 bits per heavy atom. The number of halogens is 3. The smallest absolute Gasteiger partial charge is 0.330 e. The Hall–Kier alpha value is -0.290. The van der Waals surface area contributed by atoms with Crippen LogP contribution in [0.2, 0.25) is 0 Å². The lowest BCUT2D eigenvalue weighted by atomic mass is 9.86. The summed E-state index contributed by atoms with van der Waals surface area (Å²) >= 11 is 0. The molecule has 16 heavy (non-hydrogen) atoms. The third-order valence-electron chi connectivity index (χ3n) is 3.20. The molecule has 0 aliphatic carbocycles. The van der Waals surface area contributed by atoms with E-state index in [1.54, 1.807) is 14.0 Å². The van der Waals surface area contributed by atoms with E-state index in [4.69, 9.17) is 5.73 Å². The van der Waals surface area contributed by atoms with Crippen molar-refractivity contribution in [1.82, 2.24) is 5.32 Å². The Morgan fingerprint density at radius 3 is 2.19 bits per heavy atom. The molecular formula is C11H23F3N2. The number of nitrogens with one attached hydrogen (secondary N) is 1. The molecule has 0 amide bonds. The fourth-order valence-corrected chi connectivity index (χ4v) is 1.89. The van der Waals surface area contributed by atoms with Crippen molar-refractivity contribution in [3.05, 3.63) is 0 Å². The lowest BCUT2D eigenvalue weighted by molar-refractivity contribution is -0.146. The van der Waals surface area contributed by atoms with Gasteiger partial charge in [0.15, 0.2) is 0 Å². The van der Waals surface area contributed by atoms with Crippen LogP contribution in [-0.2, 0) is 0 Å². The topological polar surface area (TPSA) is 38.0 Å². The van der Waals surface area contributed by atoms with Gasteiger partial charge >= 0.3 is 6.18 Å². The summed E-state index contributed by atoms with van der Waals surface area (Å²) in [5.41, 5.74) is 5.59. The molecule has 0 radical (unpaired) electrons. The van der Waals surface area contributed by atoms with Crippen molar-refractivity contribution in [2.75, 3.05) is 13.6 Å². The fourth-order valence-electron chi connectivity index (χ4n) is 1.89. The zero-order valence-electron chi connectivity index (χ0n) is 10.3. The first kappa shape index (κ1) is 15.7. The van der Waals surface area contributed by atoms with E-state index in [-0.39, 0.29) is 17.9 Å². The largest absolute Gasteiger partial charge is 0.389 e. The Labute approximate surface area is 95.8 Å². The van der Waals surface area contributed by atoms with Gasteiger partial charge in [0.05, 0.1) is 0 Å². The molecule has 0 bridgehead atoms. The molecule has 0 saturated carbocycles. The second-order valence-electron chi connectivity index (χ2n) is 4.40. The molecule has 5 heteroatoms. The molecule has 98 valence electrons. The maximum Gasteiger partial charge on any atom is 0.389 e. The van der Waals surface area contributed by atoms with Crippen molar-refractivity contribution in [2.24, 2.45) is 17.6 Å². The quantitative estimate of drug-likeness (QED) is 0.717. The van der Waals surface area contributed by atoms with Crippen LogP contribution in [-0.4, -0.2) is 25.8 Å². The predicted octanol–water partition coefficient (Wildman–Crippen LogP) is 2.54. The molecule has 0 aromatic carbocycles. The fraction of sp³-hybridized carbons (Fsp3) is 1.00. The van der Waals surface area contributed by atoms with Crippen LogP contribution in [0.5, 0.6) is 0 Å². The minimum absolute atomic E-state index is 0.109. The summed E-state index contributed by atoms with van der Waals surface area (Å²) in [6.45, 7) is 4.18. The molecule has 0 aromatic rings. The molecule has 3 N–H and O–H groups in total. The summed E-state index contributed by atoms with van der Waals surface area (Å²) in [7, 11) is 1.80. The molecule has 0 rings (SSSR count). The average molecular weight is 240 g/mol. The highest BCUT2D eigenvalue weighted by molar-refractivity contribution is 4.76. The molecule has 0 aromatic heterocycles. The van der Waals surface area contributed by atoms with Crippen LogP contribution in [0.25, 0.3) is 0 Å². The Kier molecular flexibility index (Phi) is 6.99. The van der Waals surface area contributed by atoms with Gasteiger partial charge in [-0.25, -0.2) is 0 Å². The van der Waals surface area contributed by atoms with E-state index in [0.29, 0.717) is 19.4 Å². The van der Waals surface area contributed by atoms with Crippen LogP contribution < -0.4 is 11.1 Å². The van der Waals surface area contributed by atoms with Crippen LogP contribution in [0.1, 0.15) is 33.1 Å². The first-order chi connectivity index (χ1) is 7.34. The van der Waals surface area contributed by atoms with Gasteiger partial charge in [-0.3, -0.25) is 0 Å². The van der Waals surface area contributed by atoms with Gasteiger partial charge in [0, 0.05) is 12.5 Å². The summed E-state index contributed by atoms with van der Waals surface area (Å²) in [5, 5.41) is 3.05. The van der Waals surface area contributed by atoms with Crippen LogP contribution in [0.4, 0.5) is 13.2 Å². The highest BCUT2D eigenvalue weighted by Crippen LogP contribution is 2.30. The molecule has 0 fully saturated rings. The maximum absolute atomic E-state index is 12.3. The van der Waals surface area contributed by atoms with Crippen LogP contribution in [0.15, 0.2) is 0 Å². The standard InChI is InChI=1S/C11H23F3N2/c1-4-9(6-11(12,13)14)5-10(7-15)8(2)16-3/h8-10,16H,4-7,15H2,1-3H3. The predicted molar refractivity (Wildman–Crippen MR) is 60.1 cm³/mol. The van der Waals surface area contributed by atoms with Crippen LogP contribution in [0, 0.1) is 11.8 Å². The monoisotopic (exact) mass is 240 g/mol. The minimum atomic E-state index is -4.07. The Bertz CT molecular complexity index is 183. The molecule has 0 aliphatic rings. The Morgan fingerprint density at radius 1 is 1.31 bits per heavy atom. The zero-order valence-corrected chi connectivity index (χ0v) is 10.3. The Balaban J connectivity index is 4.28. The molecular weight excluding hydrogens is 217 g/mol. The van der Waals surface area contributed by atoms with E-state index in [1.165, 1.54) is 0 Å². The third kappa shape index (κ3) is 6.33. The maximum atomic E-state index is 12.3. The van der Waals surface area contributed by atoms with Gasteiger partial charge in [-0.05, 0) is 38.8 Å². The van der Waals surface area contributed by atoms with Gasteiger partial charge in [0.25, 0.3) is 0 Å². The normalized spacial score (nSPS) is 18.2. The van der Waals surface area contributed by atoms with Gasteiger partial charge in [0.1, 0.15) is 0 Å². The molecule has 0 spiro atoms. The van der Waals surface area contributed by atoms with Crippen molar-refractivity contribution >= 4 is 0 Å². The summed E-state index contributed by atoms with van der Waals surface area (Å²) in [5.74, 6) is -0.207. The van der Waals surface area contributed by atoms with E-state index >= 15 is 0 Å². The van der Waals surface area contributed by atoms with Crippen molar-refractivity contribution in [1.29, 1.82) is 0 Å². The van der Waals surface area contributed by atoms with Gasteiger partial charge in [-0.15, -0.1) is 0 Å². The number of hydrogen-bond acceptors (Lipinski definition) is 2. The molecule has 0 heterocycles. The van der Waals surface area contributed by atoms with Gasteiger partial charge in [-0.2, -0.15) is 13.2 Å². The molecule has 3 atom stereocenters. The first-order valence-corrected chi connectivity index (χ1v) is 5.78. The number of hydrogen-bond donors (Lipinski definition) is 2. The number of rotatable bonds is 7. The summed E-state index contributed by atoms with van der Waals surface area (Å²) in [4.78, 5) is 0. The molecule has 0 saturated heterocycles. The lowest BCUT2D eigenvalue weighted by Gasteiger charge is -2.27. The summed E-state index contributed by atoms with van der Waals surface area (Å²) in [6.07, 6.45) is -3.68. The second kappa shape index (κ2) is 7.12. The number of alkyl halides is 3. The second-order valence-corrected chi connectivity index (χ2v) is 4.40. The summed E-state index contributed by atoms with van der Waals surface area (Å²) in [6, 6.07) is 0.160. The van der Waals surface area contributed by atoms with E-state index in [0.717, 1.165) is 0 Å². The van der Waals surface area contributed by atoms with Crippen molar-refractivity contribution in [2.45, 2.75) is 45.3 Å². The highest BCUT2D eigenvalue weighted by Gasteiger charge is 2.32. The van der Waals surface area contributed by atoms with Gasteiger partial charge in [0.2, 0.25) is 0 Å². The van der Waals surface area contributed by atoms with Crippen molar-refractivity contribution in [3.63, 3.8) is 0 Å². The van der Waals surface area contributed by atoms with Gasteiger partial charge in [-0.1, -0.05) is 13.3 Å². The lowest BCUT2D eigenvalue weighted by Crippen LogP contribution is -2.37. The van der Waals surface area contributed by atoms with E-state index in [9.17, 15) is 13.2 Å². The average Bonchev–Trinajstić information content (AvgIpc) is 2.21. The molecule has 2 nitrogen and oxygen atoms in total. The minimum Gasteiger partial charge on any atom is -0.330 e. The van der Waals surface area contributed by atoms with Crippen LogP contribution in [0.3, 0.4) is 0 Å². The molecule has 3 unspecified atom stereocenters. The molecule has 0 aliphatic heterocycles. The van der Waals surface area contributed by atoms with E-state index in [1.807, 2.05) is 6.92 Å². The summed E-state index contributed by atoms with van der Waals surface area (Å²) < 4.78 is 36.8. The van der Waals surface area contributed by atoms with Gasteiger partial charge < -0.3 is 11.1 Å². The van der Waals surface area contributed by atoms with Crippen molar-refractivity contribution < 1.29 is 13.2 Å². The van der Waals surface area contributed by atoms with E-state index in [2.05, 4.69) is 5.32 Å². The van der Waals surface area contributed by atoms with Crippen molar-refractivity contribution in [3.8, 4) is 0 Å². The zero-order chi connectivity index (χ0) is 12.8. The van der Waals surface area contributed by atoms with E-state index < -0.39 is 12.6 Å².